The van der Waals surface area contributed by atoms with Crippen LogP contribution in [-0.4, -0.2) is 53.1 Å². The van der Waals surface area contributed by atoms with Gasteiger partial charge >= 0.3 is 0 Å². The normalized spacial score (nSPS) is 10.2. The van der Waals surface area contributed by atoms with Gasteiger partial charge in [0.15, 0.2) is 0 Å². The molecule has 9 heteroatoms. The Bertz CT molecular complexity index is 797. The molecule has 9 nitrogen and oxygen atoms in total. The Hall–Kier alpha value is -3.36. The number of amides is 3. The van der Waals surface area contributed by atoms with E-state index in [-0.39, 0.29) is 29.8 Å². The lowest BCUT2D eigenvalue weighted by Crippen LogP contribution is -2.35. The summed E-state index contributed by atoms with van der Waals surface area (Å²) < 4.78 is 6.51. The van der Waals surface area contributed by atoms with Crippen molar-refractivity contribution >= 4 is 23.4 Å². The molecule has 0 unspecified atom stereocenters. The fourth-order valence-corrected chi connectivity index (χ4v) is 2.18. The molecule has 2 rings (SSSR count). The number of nitrogens with two attached hydrogens (primary N) is 1. The fraction of sp³-hybridized carbons (Fsp3) is 0.250. The van der Waals surface area contributed by atoms with Crippen LogP contribution >= 0.6 is 0 Å². The van der Waals surface area contributed by atoms with Crippen LogP contribution in [0.4, 0.5) is 5.69 Å². The van der Waals surface area contributed by atoms with E-state index < -0.39 is 5.91 Å². The molecule has 0 aliphatic rings. The number of carbonyl (C=O) groups is 3. The number of ether oxygens (including phenoxy) is 1. The van der Waals surface area contributed by atoms with Gasteiger partial charge < -0.3 is 20.7 Å². The van der Waals surface area contributed by atoms with Crippen LogP contribution in [0.25, 0.3) is 0 Å². The smallest absolute Gasteiger partial charge is 0.261 e. The van der Waals surface area contributed by atoms with E-state index in [4.69, 9.17) is 10.5 Å². The summed E-state index contributed by atoms with van der Waals surface area (Å²) in [7, 11) is 4.59. The Balaban J connectivity index is 1.99. The molecule has 132 valence electrons. The molecule has 0 fully saturated rings. The third-order valence-corrected chi connectivity index (χ3v) is 3.40. The first-order chi connectivity index (χ1) is 11.8. The van der Waals surface area contributed by atoms with Crippen molar-refractivity contribution in [3.63, 3.8) is 0 Å². The Morgan fingerprint density at radius 1 is 1.28 bits per heavy atom. The molecule has 25 heavy (non-hydrogen) atoms. The average molecular weight is 345 g/mol. The van der Waals surface area contributed by atoms with Gasteiger partial charge in [0.25, 0.3) is 5.91 Å². The van der Waals surface area contributed by atoms with Crippen LogP contribution in [-0.2, 0) is 11.8 Å². The molecular formula is C16H19N5O4. The highest BCUT2D eigenvalue weighted by Gasteiger charge is 2.21. The van der Waals surface area contributed by atoms with Crippen LogP contribution in [0.5, 0.6) is 5.88 Å². The Morgan fingerprint density at radius 3 is 2.48 bits per heavy atom. The number of nitrogens with zero attached hydrogens (tertiary/aromatic N) is 3. The fourth-order valence-electron chi connectivity index (χ4n) is 2.18. The SMILES string of the molecule is COc1nn(C)cc1C(=O)N(C)CC(=O)Nc1ccc(C(N)=O)cc1. The zero-order chi connectivity index (χ0) is 18.6. The second kappa shape index (κ2) is 7.47. The number of aryl methyl sites for hydroxylation is 1. The molecule has 0 bridgehead atoms. The van der Waals surface area contributed by atoms with Crippen molar-refractivity contribution in [2.45, 2.75) is 0 Å². The van der Waals surface area contributed by atoms with Crippen LogP contribution in [0.15, 0.2) is 30.5 Å². The summed E-state index contributed by atoms with van der Waals surface area (Å²) in [6, 6.07) is 6.13. The third kappa shape index (κ3) is 4.34. The molecule has 1 aromatic carbocycles. The van der Waals surface area contributed by atoms with Crippen LogP contribution in [0.2, 0.25) is 0 Å². The van der Waals surface area contributed by atoms with Gasteiger partial charge in [0.2, 0.25) is 17.7 Å². The van der Waals surface area contributed by atoms with E-state index in [1.54, 1.807) is 19.2 Å². The summed E-state index contributed by atoms with van der Waals surface area (Å²) in [5.74, 6) is -1.12. The molecule has 0 saturated carbocycles. The van der Waals surface area contributed by atoms with Gasteiger partial charge in [-0.2, -0.15) is 0 Å². The number of aromatic nitrogens is 2. The summed E-state index contributed by atoms with van der Waals surface area (Å²) in [5, 5.41) is 6.65. The van der Waals surface area contributed by atoms with Crippen LogP contribution in [0, 0.1) is 0 Å². The number of rotatable bonds is 6. The number of hydrogen-bond donors (Lipinski definition) is 2. The van der Waals surface area contributed by atoms with Crippen molar-refractivity contribution in [2.24, 2.45) is 12.8 Å². The van der Waals surface area contributed by atoms with Crippen molar-refractivity contribution in [1.29, 1.82) is 0 Å². The molecule has 1 heterocycles. The first-order valence-corrected chi connectivity index (χ1v) is 7.34. The Morgan fingerprint density at radius 2 is 1.92 bits per heavy atom. The molecule has 0 radical (unpaired) electrons. The highest BCUT2D eigenvalue weighted by molar-refractivity contribution is 6.00. The van der Waals surface area contributed by atoms with Crippen molar-refractivity contribution < 1.29 is 19.1 Å². The van der Waals surface area contributed by atoms with Crippen molar-refractivity contribution in [2.75, 3.05) is 26.0 Å². The number of benzene rings is 1. The monoisotopic (exact) mass is 345 g/mol. The maximum Gasteiger partial charge on any atom is 0.261 e. The minimum absolute atomic E-state index is 0.158. The lowest BCUT2D eigenvalue weighted by atomic mass is 10.2. The first kappa shape index (κ1) is 18.0. The van der Waals surface area contributed by atoms with E-state index in [1.807, 2.05) is 0 Å². The van der Waals surface area contributed by atoms with Gasteiger partial charge in [0.1, 0.15) is 5.56 Å². The van der Waals surface area contributed by atoms with Crippen molar-refractivity contribution in [3.8, 4) is 5.88 Å². The summed E-state index contributed by atoms with van der Waals surface area (Å²) in [5.41, 5.74) is 6.26. The van der Waals surface area contributed by atoms with Gasteiger partial charge in [-0.05, 0) is 24.3 Å². The zero-order valence-electron chi connectivity index (χ0n) is 14.1. The number of methoxy groups -OCH3 is 1. The van der Waals surface area contributed by atoms with E-state index in [0.29, 0.717) is 11.3 Å². The van der Waals surface area contributed by atoms with Gasteiger partial charge in [-0.1, -0.05) is 0 Å². The maximum atomic E-state index is 12.4. The second-order valence-corrected chi connectivity index (χ2v) is 5.38. The summed E-state index contributed by atoms with van der Waals surface area (Å²) in [6.07, 6.45) is 1.53. The standard InChI is InChI=1S/C16H19N5O4/c1-20(16(24)12-8-21(2)19-15(12)25-3)9-13(22)18-11-6-4-10(5-7-11)14(17)23/h4-8H,9H2,1-3H3,(H2,17,23)(H,18,22). The van der Waals surface area contributed by atoms with Gasteiger partial charge in [0.05, 0.1) is 13.7 Å². The average Bonchev–Trinajstić information content (AvgIpc) is 2.95. The second-order valence-electron chi connectivity index (χ2n) is 5.38. The lowest BCUT2D eigenvalue weighted by molar-refractivity contribution is -0.116. The lowest BCUT2D eigenvalue weighted by Gasteiger charge is -2.16. The largest absolute Gasteiger partial charge is 0.479 e. The molecule has 0 spiro atoms. The van der Waals surface area contributed by atoms with Gasteiger partial charge in [-0.3, -0.25) is 19.1 Å². The van der Waals surface area contributed by atoms with Crippen LogP contribution in [0.3, 0.4) is 0 Å². The Kier molecular flexibility index (Phi) is 5.38. The number of anilines is 1. The molecular weight excluding hydrogens is 326 g/mol. The quantitative estimate of drug-likeness (QED) is 0.777. The van der Waals surface area contributed by atoms with E-state index >= 15 is 0 Å². The highest BCUT2D eigenvalue weighted by Crippen LogP contribution is 2.16. The van der Waals surface area contributed by atoms with Crippen molar-refractivity contribution in [3.05, 3.63) is 41.6 Å². The minimum Gasteiger partial charge on any atom is -0.479 e. The minimum atomic E-state index is -0.548. The molecule has 0 saturated heterocycles. The van der Waals surface area contributed by atoms with Crippen LogP contribution in [0.1, 0.15) is 20.7 Å². The predicted molar refractivity (Wildman–Crippen MR) is 90.3 cm³/mol. The third-order valence-electron chi connectivity index (χ3n) is 3.40. The number of hydrogen-bond acceptors (Lipinski definition) is 5. The Labute approximate surface area is 144 Å². The molecule has 0 atom stereocenters. The van der Waals surface area contributed by atoms with E-state index in [1.165, 1.54) is 42.1 Å². The van der Waals surface area contributed by atoms with Crippen molar-refractivity contribution in [1.82, 2.24) is 14.7 Å². The number of nitrogens with one attached hydrogen (secondary N) is 1. The highest BCUT2D eigenvalue weighted by atomic mass is 16.5. The molecule has 3 amide bonds. The number of carbonyl (C=O) groups excluding carboxylic acids is 3. The van der Waals surface area contributed by atoms with Gasteiger partial charge in [-0.25, -0.2) is 0 Å². The van der Waals surface area contributed by atoms with E-state index in [0.717, 1.165) is 0 Å². The van der Waals surface area contributed by atoms with E-state index in [2.05, 4.69) is 10.4 Å². The molecule has 1 aromatic heterocycles. The van der Waals surface area contributed by atoms with Gasteiger partial charge in [0, 0.05) is 31.5 Å². The number of primary amides is 1. The molecule has 2 aromatic rings. The van der Waals surface area contributed by atoms with Crippen LogP contribution < -0.4 is 15.8 Å². The topological polar surface area (TPSA) is 120 Å². The number of likely N-dealkylation sites (N-methyl/N-ethyl adjacent to an activating group) is 1. The maximum absolute atomic E-state index is 12.4. The zero-order valence-corrected chi connectivity index (χ0v) is 14.1. The molecule has 3 N–H and O–H groups in total. The first-order valence-electron chi connectivity index (χ1n) is 7.34. The summed E-state index contributed by atoms with van der Waals surface area (Å²) >= 11 is 0. The molecule has 0 aliphatic heterocycles. The van der Waals surface area contributed by atoms with E-state index in [9.17, 15) is 14.4 Å². The molecule has 0 aliphatic carbocycles. The predicted octanol–water partition coefficient (Wildman–Crippen LogP) is 0.238. The van der Waals surface area contributed by atoms with Gasteiger partial charge in [-0.15, -0.1) is 5.10 Å². The summed E-state index contributed by atoms with van der Waals surface area (Å²) in [6.45, 7) is -0.158. The summed E-state index contributed by atoms with van der Waals surface area (Å²) in [4.78, 5) is 36.8.